The average Bonchev–Trinajstić information content (AvgIpc) is 3.11. The van der Waals surface area contributed by atoms with Gasteiger partial charge in [0.1, 0.15) is 5.75 Å². The second-order valence-corrected chi connectivity index (χ2v) is 8.00. The highest BCUT2D eigenvalue weighted by Gasteiger charge is 2.16. The van der Waals surface area contributed by atoms with Gasteiger partial charge < -0.3 is 4.74 Å². The summed E-state index contributed by atoms with van der Waals surface area (Å²) in [5.41, 5.74) is 7.13. The minimum atomic E-state index is -0.327. The van der Waals surface area contributed by atoms with Crippen molar-refractivity contribution in [3.63, 3.8) is 0 Å². The summed E-state index contributed by atoms with van der Waals surface area (Å²) in [6, 6.07) is 15.8. The summed E-state index contributed by atoms with van der Waals surface area (Å²) >= 11 is 9.27. The van der Waals surface area contributed by atoms with E-state index >= 15 is 0 Å². The Hall–Kier alpha value is -2.37. The number of amides is 1. The van der Waals surface area contributed by atoms with E-state index in [-0.39, 0.29) is 12.5 Å². The van der Waals surface area contributed by atoms with Crippen molar-refractivity contribution < 1.29 is 9.53 Å². The Morgan fingerprint density at radius 1 is 1.18 bits per heavy atom. The normalized spacial score (nSPS) is 13.0. The lowest BCUT2D eigenvalue weighted by molar-refractivity contribution is -0.123. The lowest BCUT2D eigenvalue weighted by Crippen LogP contribution is -2.25. The third-order valence-electron chi connectivity index (χ3n) is 4.87. The Balaban J connectivity index is 1.46. The standard InChI is InChI=1S/C22H18BrClN2O2/c1-13(17-9-7-15-6-5-14-3-2-4-18(17)22(14)15)25-26-21(27)12-28-20-10-8-16(24)11-19(20)23/h2-4,7-11H,5-6,12H2,1H3,(H,26,27)/b25-13+. The van der Waals surface area contributed by atoms with Crippen LogP contribution in [-0.4, -0.2) is 18.2 Å². The zero-order valence-electron chi connectivity index (χ0n) is 15.3. The number of benzene rings is 3. The van der Waals surface area contributed by atoms with Gasteiger partial charge in [-0.05, 0) is 75.8 Å². The van der Waals surface area contributed by atoms with Crippen molar-refractivity contribution in [1.82, 2.24) is 5.43 Å². The Bertz CT molecular complexity index is 1100. The molecule has 0 fully saturated rings. The Morgan fingerprint density at radius 2 is 1.96 bits per heavy atom. The fraction of sp³-hybridized carbons (Fsp3) is 0.182. The Kier molecular flexibility index (Phi) is 5.38. The minimum absolute atomic E-state index is 0.138. The van der Waals surface area contributed by atoms with Gasteiger partial charge in [0.2, 0.25) is 0 Å². The van der Waals surface area contributed by atoms with E-state index in [4.69, 9.17) is 16.3 Å². The van der Waals surface area contributed by atoms with Gasteiger partial charge in [-0.1, -0.05) is 41.9 Å². The van der Waals surface area contributed by atoms with E-state index in [0.29, 0.717) is 15.2 Å². The number of carbonyl (C=O) groups excluding carboxylic acids is 1. The maximum absolute atomic E-state index is 12.1. The Labute approximate surface area is 176 Å². The number of hydrazone groups is 1. The molecule has 0 aromatic heterocycles. The molecule has 142 valence electrons. The van der Waals surface area contributed by atoms with Gasteiger partial charge in [-0.2, -0.15) is 5.10 Å². The second-order valence-electron chi connectivity index (χ2n) is 6.71. The molecule has 0 bridgehead atoms. The van der Waals surface area contributed by atoms with Crippen LogP contribution in [0.4, 0.5) is 0 Å². The van der Waals surface area contributed by atoms with Gasteiger partial charge in [-0.25, -0.2) is 5.43 Å². The molecule has 0 aliphatic heterocycles. The van der Waals surface area contributed by atoms with Crippen molar-refractivity contribution in [2.45, 2.75) is 19.8 Å². The van der Waals surface area contributed by atoms with Crippen molar-refractivity contribution in [2.24, 2.45) is 5.10 Å². The summed E-state index contributed by atoms with van der Waals surface area (Å²) in [4.78, 5) is 12.1. The van der Waals surface area contributed by atoms with Crippen LogP contribution in [-0.2, 0) is 17.6 Å². The van der Waals surface area contributed by atoms with E-state index in [1.54, 1.807) is 18.2 Å². The van der Waals surface area contributed by atoms with E-state index in [0.717, 1.165) is 24.1 Å². The first-order chi connectivity index (χ1) is 13.5. The van der Waals surface area contributed by atoms with Crippen LogP contribution in [0.1, 0.15) is 23.6 Å². The van der Waals surface area contributed by atoms with E-state index in [1.165, 1.54) is 21.9 Å². The van der Waals surface area contributed by atoms with Crippen LogP contribution in [0.3, 0.4) is 0 Å². The van der Waals surface area contributed by atoms with Gasteiger partial charge in [0.05, 0.1) is 10.2 Å². The highest BCUT2D eigenvalue weighted by Crippen LogP contribution is 2.33. The Morgan fingerprint density at radius 3 is 2.75 bits per heavy atom. The summed E-state index contributed by atoms with van der Waals surface area (Å²) in [5.74, 6) is 0.222. The molecular weight excluding hydrogens is 440 g/mol. The quantitative estimate of drug-likeness (QED) is 0.419. The van der Waals surface area contributed by atoms with Gasteiger partial charge in [0.15, 0.2) is 6.61 Å². The van der Waals surface area contributed by atoms with Crippen molar-refractivity contribution in [3.05, 3.63) is 74.7 Å². The first kappa shape index (κ1) is 19.0. The topological polar surface area (TPSA) is 50.7 Å². The van der Waals surface area contributed by atoms with Crippen molar-refractivity contribution in [1.29, 1.82) is 0 Å². The summed E-state index contributed by atoms with van der Waals surface area (Å²) in [7, 11) is 0. The molecule has 0 atom stereocenters. The molecule has 6 heteroatoms. The number of halogens is 2. The largest absolute Gasteiger partial charge is 0.483 e. The van der Waals surface area contributed by atoms with Gasteiger partial charge in [-0.3, -0.25) is 4.79 Å². The molecule has 0 radical (unpaired) electrons. The number of nitrogens with zero attached hydrogens (tertiary/aromatic N) is 1. The fourth-order valence-electron chi connectivity index (χ4n) is 3.54. The smallest absolute Gasteiger partial charge is 0.277 e. The van der Waals surface area contributed by atoms with Gasteiger partial charge in [-0.15, -0.1) is 0 Å². The molecule has 4 nitrogen and oxygen atoms in total. The molecule has 0 saturated carbocycles. The molecule has 3 aromatic carbocycles. The predicted octanol–water partition coefficient (Wildman–Crippen LogP) is 5.27. The monoisotopic (exact) mass is 456 g/mol. The van der Waals surface area contributed by atoms with Crippen LogP contribution in [0.25, 0.3) is 10.8 Å². The van der Waals surface area contributed by atoms with Crippen LogP contribution >= 0.6 is 27.5 Å². The predicted molar refractivity (Wildman–Crippen MR) is 116 cm³/mol. The van der Waals surface area contributed by atoms with E-state index in [2.05, 4.69) is 56.8 Å². The van der Waals surface area contributed by atoms with E-state index in [1.807, 2.05) is 6.92 Å². The second kappa shape index (κ2) is 7.94. The van der Waals surface area contributed by atoms with Crippen molar-refractivity contribution >= 4 is 49.9 Å². The van der Waals surface area contributed by atoms with Gasteiger partial charge >= 0.3 is 0 Å². The number of nitrogens with one attached hydrogen (secondary N) is 1. The SMILES string of the molecule is C/C(=N\NC(=O)COc1ccc(Cl)cc1Br)c1ccc2c3c(cccc13)CC2. The molecule has 1 amide bonds. The summed E-state index contributed by atoms with van der Waals surface area (Å²) in [6.45, 7) is 1.76. The first-order valence-electron chi connectivity index (χ1n) is 8.98. The zero-order valence-corrected chi connectivity index (χ0v) is 17.6. The van der Waals surface area contributed by atoms with Crippen molar-refractivity contribution in [2.75, 3.05) is 6.61 Å². The number of hydrogen-bond acceptors (Lipinski definition) is 3. The molecule has 0 heterocycles. The molecule has 4 rings (SSSR count). The highest BCUT2D eigenvalue weighted by atomic mass is 79.9. The zero-order chi connectivity index (χ0) is 19.7. The average molecular weight is 458 g/mol. The summed E-state index contributed by atoms with van der Waals surface area (Å²) in [6.07, 6.45) is 2.17. The number of aryl methyl sites for hydroxylation is 2. The van der Waals surface area contributed by atoms with E-state index in [9.17, 15) is 4.79 Å². The fourth-order valence-corrected chi connectivity index (χ4v) is 4.33. The molecule has 0 unspecified atom stereocenters. The van der Waals surface area contributed by atoms with Crippen LogP contribution in [0.2, 0.25) is 5.02 Å². The summed E-state index contributed by atoms with van der Waals surface area (Å²) < 4.78 is 6.21. The number of carbonyl (C=O) groups is 1. The molecule has 1 N–H and O–H groups in total. The van der Waals surface area contributed by atoms with Crippen molar-refractivity contribution in [3.8, 4) is 5.75 Å². The highest BCUT2D eigenvalue weighted by molar-refractivity contribution is 9.10. The number of ether oxygens (including phenoxy) is 1. The van der Waals surface area contributed by atoms with Crippen LogP contribution in [0.15, 0.2) is 58.1 Å². The lowest BCUT2D eigenvalue weighted by Gasteiger charge is -2.10. The van der Waals surface area contributed by atoms with Crippen LogP contribution < -0.4 is 10.2 Å². The summed E-state index contributed by atoms with van der Waals surface area (Å²) in [5, 5.41) is 7.38. The third-order valence-corrected chi connectivity index (χ3v) is 5.72. The minimum Gasteiger partial charge on any atom is -0.483 e. The number of rotatable bonds is 5. The molecule has 0 saturated heterocycles. The molecule has 1 aliphatic rings. The lowest BCUT2D eigenvalue weighted by atomic mass is 9.98. The molecule has 1 aliphatic carbocycles. The molecule has 0 spiro atoms. The molecular formula is C22H18BrClN2O2. The third kappa shape index (κ3) is 3.77. The van der Waals surface area contributed by atoms with E-state index < -0.39 is 0 Å². The maximum Gasteiger partial charge on any atom is 0.277 e. The number of hydrogen-bond donors (Lipinski definition) is 1. The van der Waals surface area contributed by atoms with Gasteiger partial charge in [0.25, 0.3) is 5.91 Å². The maximum atomic E-state index is 12.1. The van der Waals surface area contributed by atoms with Gasteiger partial charge in [0, 0.05) is 10.6 Å². The molecule has 28 heavy (non-hydrogen) atoms. The molecule has 3 aromatic rings. The van der Waals surface area contributed by atoms with Crippen LogP contribution in [0.5, 0.6) is 5.75 Å². The van der Waals surface area contributed by atoms with Crippen LogP contribution in [0, 0.1) is 0 Å². The first-order valence-corrected chi connectivity index (χ1v) is 10.1.